The van der Waals surface area contributed by atoms with Crippen LogP contribution >= 0.6 is 0 Å². The summed E-state index contributed by atoms with van der Waals surface area (Å²) in [6.07, 6.45) is 8.01. The van der Waals surface area contributed by atoms with Gasteiger partial charge in [0.05, 0.1) is 12.9 Å². The summed E-state index contributed by atoms with van der Waals surface area (Å²) in [4.78, 5) is 0. The summed E-state index contributed by atoms with van der Waals surface area (Å²) < 4.78 is 5.43. The molecule has 0 aromatic heterocycles. The lowest BCUT2D eigenvalue weighted by molar-refractivity contribution is 0.271. The van der Waals surface area contributed by atoms with E-state index in [2.05, 4.69) is 36.8 Å². The van der Waals surface area contributed by atoms with Crippen molar-refractivity contribution in [2.75, 3.05) is 6.61 Å². The van der Waals surface area contributed by atoms with Crippen molar-refractivity contribution in [2.45, 2.75) is 6.92 Å². The van der Waals surface area contributed by atoms with Crippen LogP contribution in [0, 0.1) is 6.42 Å². The molecular weight excluding hydrogens is 244 g/mol. The fraction of sp³-hybridized carbons (Fsp3) is 0.105. The third kappa shape index (κ3) is 4.36. The van der Waals surface area contributed by atoms with Gasteiger partial charge in [-0.1, -0.05) is 36.4 Å². The van der Waals surface area contributed by atoms with Gasteiger partial charge in [-0.3, -0.25) is 0 Å². The van der Waals surface area contributed by atoms with Gasteiger partial charge in [-0.05, 0) is 18.1 Å². The van der Waals surface area contributed by atoms with E-state index in [9.17, 15) is 0 Å². The predicted octanol–water partition coefficient (Wildman–Crippen LogP) is 4.87. The number of rotatable bonds is 6. The molecule has 0 spiro atoms. The van der Waals surface area contributed by atoms with Crippen LogP contribution < -0.4 is 0 Å². The first-order chi connectivity index (χ1) is 9.90. The fourth-order valence-corrected chi connectivity index (χ4v) is 1.83. The Labute approximate surface area is 121 Å². The van der Waals surface area contributed by atoms with Gasteiger partial charge in [0.1, 0.15) is 0 Å². The Kier molecular flexibility index (Phi) is 5.53. The second-order valence-electron chi connectivity index (χ2n) is 4.33. The second kappa shape index (κ2) is 7.90. The largest absolute Gasteiger partial charge is 0.502 e. The molecule has 0 radical (unpaired) electrons. The van der Waals surface area contributed by atoms with Crippen LogP contribution in [-0.2, 0) is 4.74 Å². The van der Waals surface area contributed by atoms with Gasteiger partial charge in [0, 0.05) is 0 Å². The zero-order chi connectivity index (χ0) is 14.0. The maximum Gasteiger partial charge on any atom is 0.0845 e. The molecule has 2 aromatic carbocycles. The molecule has 2 rings (SSSR count). The van der Waals surface area contributed by atoms with E-state index in [1.54, 1.807) is 0 Å². The van der Waals surface area contributed by atoms with Crippen molar-refractivity contribution in [2.24, 2.45) is 0 Å². The average Bonchev–Trinajstić information content (AvgIpc) is 2.52. The van der Waals surface area contributed by atoms with Crippen molar-refractivity contribution in [3.63, 3.8) is 0 Å². The maximum atomic E-state index is 5.43. The Morgan fingerprint density at radius 2 is 1.65 bits per heavy atom. The normalized spacial score (nSPS) is 11.6. The molecule has 0 aliphatic rings. The number of ether oxygens (including phenoxy) is 1. The smallest absolute Gasteiger partial charge is 0.0845 e. The van der Waals surface area contributed by atoms with Gasteiger partial charge < -0.3 is 4.74 Å². The molecule has 0 heterocycles. The molecule has 0 atom stereocenters. The zero-order valence-corrected chi connectivity index (χ0v) is 11.7. The molecule has 0 N–H and O–H groups in total. The SMILES string of the molecule is CCO/C=C(/C=C/[CH-]c1ccccc1)c1ccccc1. The van der Waals surface area contributed by atoms with Crippen molar-refractivity contribution in [1.82, 2.24) is 0 Å². The van der Waals surface area contributed by atoms with Crippen molar-refractivity contribution < 1.29 is 4.74 Å². The van der Waals surface area contributed by atoms with Crippen molar-refractivity contribution in [3.8, 4) is 0 Å². The van der Waals surface area contributed by atoms with Gasteiger partial charge >= 0.3 is 0 Å². The average molecular weight is 263 g/mol. The molecule has 2 aromatic rings. The molecule has 0 amide bonds. The molecule has 20 heavy (non-hydrogen) atoms. The van der Waals surface area contributed by atoms with Crippen molar-refractivity contribution >= 4 is 5.57 Å². The summed E-state index contributed by atoms with van der Waals surface area (Å²) in [6, 6.07) is 20.5. The highest BCUT2D eigenvalue weighted by Gasteiger charge is 1.94. The van der Waals surface area contributed by atoms with Crippen LogP contribution in [0.15, 0.2) is 79.1 Å². The van der Waals surface area contributed by atoms with Crippen LogP contribution in [0.4, 0.5) is 0 Å². The monoisotopic (exact) mass is 263 g/mol. The van der Waals surface area contributed by atoms with Crippen molar-refractivity contribution in [3.05, 3.63) is 96.6 Å². The lowest BCUT2D eigenvalue weighted by Gasteiger charge is -2.07. The quantitative estimate of drug-likeness (QED) is 0.410. The van der Waals surface area contributed by atoms with Crippen LogP contribution in [0.3, 0.4) is 0 Å². The summed E-state index contributed by atoms with van der Waals surface area (Å²) in [5.41, 5.74) is 3.41. The molecule has 0 saturated carbocycles. The Morgan fingerprint density at radius 1 is 1.00 bits per heavy atom. The number of hydrogen-bond donors (Lipinski definition) is 0. The summed E-state index contributed by atoms with van der Waals surface area (Å²) in [6.45, 7) is 2.66. The lowest BCUT2D eigenvalue weighted by atomic mass is 10.1. The van der Waals surface area contributed by atoms with Crippen LogP contribution in [0.2, 0.25) is 0 Å². The van der Waals surface area contributed by atoms with Crippen LogP contribution in [0.25, 0.3) is 5.57 Å². The minimum absolute atomic E-state index is 0.673. The molecule has 0 aliphatic heterocycles. The van der Waals surface area contributed by atoms with Gasteiger partial charge in [0.2, 0.25) is 0 Å². The van der Waals surface area contributed by atoms with E-state index in [0.29, 0.717) is 6.61 Å². The topological polar surface area (TPSA) is 9.23 Å². The summed E-state index contributed by atoms with van der Waals surface area (Å²) in [7, 11) is 0. The Morgan fingerprint density at radius 3 is 2.30 bits per heavy atom. The Hall–Kier alpha value is -2.41. The summed E-state index contributed by atoms with van der Waals surface area (Å²) in [5, 5.41) is 0. The molecule has 0 bridgehead atoms. The first kappa shape index (κ1) is 14.0. The highest BCUT2D eigenvalue weighted by molar-refractivity contribution is 5.73. The third-order valence-electron chi connectivity index (χ3n) is 2.85. The van der Waals surface area contributed by atoms with Gasteiger partial charge in [-0.25, -0.2) is 0 Å². The van der Waals surface area contributed by atoms with Gasteiger partial charge in [-0.2, -0.15) is 0 Å². The predicted molar refractivity (Wildman–Crippen MR) is 85.0 cm³/mol. The minimum atomic E-state index is 0.673. The van der Waals surface area contributed by atoms with Gasteiger partial charge in [-0.15, -0.1) is 48.4 Å². The molecule has 0 unspecified atom stereocenters. The molecule has 0 saturated heterocycles. The minimum Gasteiger partial charge on any atom is -0.502 e. The standard InChI is InChI=1S/C19H19O/c1-2-20-16-19(18-13-7-4-8-14-18)15-9-12-17-10-5-3-6-11-17/h3-16H,2H2,1H3/q-1/b15-9+,19-16-. The summed E-state index contributed by atoms with van der Waals surface area (Å²) >= 11 is 0. The fourth-order valence-electron chi connectivity index (χ4n) is 1.83. The van der Waals surface area contributed by atoms with Gasteiger partial charge in [0.25, 0.3) is 0 Å². The molecular formula is C19H19O-. The molecule has 0 aliphatic carbocycles. The van der Waals surface area contributed by atoms with Crippen LogP contribution in [0.5, 0.6) is 0 Å². The Balaban J connectivity index is 2.09. The number of allylic oxidation sites excluding steroid dienone is 3. The summed E-state index contributed by atoms with van der Waals surface area (Å²) in [5.74, 6) is 0. The van der Waals surface area contributed by atoms with Gasteiger partial charge in [0.15, 0.2) is 0 Å². The van der Waals surface area contributed by atoms with E-state index in [1.807, 2.05) is 55.7 Å². The molecule has 0 fully saturated rings. The first-order valence-electron chi connectivity index (χ1n) is 6.84. The van der Waals surface area contributed by atoms with Crippen molar-refractivity contribution in [1.29, 1.82) is 0 Å². The highest BCUT2D eigenvalue weighted by atomic mass is 16.5. The first-order valence-corrected chi connectivity index (χ1v) is 6.84. The highest BCUT2D eigenvalue weighted by Crippen LogP contribution is 2.16. The van der Waals surface area contributed by atoms with E-state index in [1.165, 1.54) is 5.56 Å². The Bertz CT molecular complexity index is 553. The maximum absolute atomic E-state index is 5.43. The second-order valence-corrected chi connectivity index (χ2v) is 4.33. The lowest BCUT2D eigenvalue weighted by Crippen LogP contribution is -1.85. The third-order valence-corrected chi connectivity index (χ3v) is 2.85. The molecule has 102 valence electrons. The van der Waals surface area contributed by atoms with E-state index in [0.717, 1.165) is 11.1 Å². The van der Waals surface area contributed by atoms with E-state index in [-0.39, 0.29) is 0 Å². The van der Waals surface area contributed by atoms with E-state index < -0.39 is 0 Å². The van der Waals surface area contributed by atoms with Crippen LogP contribution in [0.1, 0.15) is 18.1 Å². The molecule has 1 nitrogen and oxygen atoms in total. The van der Waals surface area contributed by atoms with Crippen LogP contribution in [-0.4, -0.2) is 6.61 Å². The number of benzene rings is 2. The van der Waals surface area contributed by atoms with E-state index in [4.69, 9.17) is 4.74 Å². The van der Waals surface area contributed by atoms with E-state index >= 15 is 0 Å². The zero-order valence-electron chi connectivity index (χ0n) is 11.7. The molecule has 1 heteroatoms. The number of hydrogen-bond acceptors (Lipinski definition) is 1.